The van der Waals surface area contributed by atoms with Crippen LogP contribution in [0.3, 0.4) is 0 Å². The number of benzene rings is 1. The molecule has 144 valence electrons. The molecule has 0 radical (unpaired) electrons. The zero-order valence-corrected chi connectivity index (χ0v) is 16.3. The van der Waals surface area contributed by atoms with Crippen molar-refractivity contribution >= 4 is 34.4 Å². The Balaban J connectivity index is 1.99. The molecule has 0 amide bonds. The molecule has 3 rings (SSSR count). The molecule has 0 aliphatic carbocycles. The molecule has 3 aromatic rings. The van der Waals surface area contributed by atoms with Crippen molar-refractivity contribution < 1.29 is 13.2 Å². The molecule has 0 spiro atoms. The summed E-state index contributed by atoms with van der Waals surface area (Å²) in [5, 5.41) is 3.38. The van der Waals surface area contributed by atoms with Crippen molar-refractivity contribution in [3.8, 4) is 11.1 Å². The summed E-state index contributed by atoms with van der Waals surface area (Å²) in [6.45, 7) is 3.80. The molecule has 0 aliphatic rings. The van der Waals surface area contributed by atoms with Gasteiger partial charge in [0.2, 0.25) is 0 Å². The molecule has 0 fully saturated rings. The number of allylic oxidation sites excluding steroid dienone is 1. The molecule has 0 bridgehead atoms. The molecule has 0 aliphatic heterocycles. The van der Waals surface area contributed by atoms with E-state index in [1.807, 2.05) is 12.3 Å². The maximum absolute atomic E-state index is 14.5. The topological polar surface area (TPSA) is 50.4 Å². The summed E-state index contributed by atoms with van der Waals surface area (Å²) in [6, 6.07) is 5.85. The van der Waals surface area contributed by atoms with E-state index in [1.54, 1.807) is 31.0 Å². The van der Waals surface area contributed by atoms with E-state index in [-0.39, 0.29) is 11.1 Å². The average Bonchev–Trinajstić information content (AvgIpc) is 3.19. The predicted molar refractivity (Wildman–Crippen MR) is 113 cm³/mol. The second-order valence-corrected chi connectivity index (χ2v) is 6.76. The summed E-state index contributed by atoms with van der Waals surface area (Å²) in [4.78, 5) is 8.29. The Labute approximate surface area is 166 Å². The molecule has 1 aromatic carbocycles. The van der Waals surface area contributed by atoms with Gasteiger partial charge >= 0.3 is 0 Å². The third-order valence-corrected chi connectivity index (χ3v) is 4.72. The van der Waals surface area contributed by atoms with Gasteiger partial charge in [-0.25, -0.2) is 13.8 Å². The number of furan rings is 1. The Kier molecular flexibility index (Phi) is 6.26. The van der Waals surface area contributed by atoms with Crippen molar-refractivity contribution in [2.45, 2.75) is 0 Å². The SMILES string of the molecule is C=C/C(=C\C(=NC)Nc1cc(-c2ccc(F)c3ccoc23)c(F)cn1)CSC. The highest BCUT2D eigenvalue weighted by atomic mass is 32.2. The Bertz CT molecular complexity index is 1070. The van der Waals surface area contributed by atoms with E-state index in [0.29, 0.717) is 22.6 Å². The number of aliphatic imine (C=N–C) groups is 1. The first-order valence-corrected chi connectivity index (χ1v) is 9.84. The number of anilines is 1. The van der Waals surface area contributed by atoms with Crippen LogP contribution in [0.2, 0.25) is 0 Å². The second-order valence-electron chi connectivity index (χ2n) is 5.90. The number of pyridine rings is 1. The van der Waals surface area contributed by atoms with E-state index < -0.39 is 11.6 Å². The highest BCUT2D eigenvalue weighted by Gasteiger charge is 2.15. The number of fused-ring (bicyclic) bond motifs is 1. The van der Waals surface area contributed by atoms with Gasteiger partial charge in [-0.2, -0.15) is 11.8 Å². The zero-order valence-electron chi connectivity index (χ0n) is 15.5. The number of hydrogen-bond acceptors (Lipinski definition) is 4. The molecule has 7 heteroatoms. The molecule has 1 N–H and O–H groups in total. The maximum Gasteiger partial charge on any atom is 0.149 e. The van der Waals surface area contributed by atoms with Crippen LogP contribution in [0.25, 0.3) is 22.1 Å². The van der Waals surface area contributed by atoms with Crippen LogP contribution in [0.4, 0.5) is 14.6 Å². The van der Waals surface area contributed by atoms with Gasteiger partial charge in [0.05, 0.1) is 17.8 Å². The largest absolute Gasteiger partial charge is 0.464 e. The van der Waals surface area contributed by atoms with Crippen molar-refractivity contribution in [1.29, 1.82) is 0 Å². The van der Waals surface area contributed by atoms with Gasteiger partial charge in [0.1, 0.15) is 28.9 Å². The van der Waals surface area contributed by atoms with Crippen molar-refractivity contribution in [1.82, 2.24) is 4.98 Å². The molecule has 0 atom stereocenters. The Morgan fingerprint density at radius 2 is 2.11 bits per heavy atom. The smallest absolute Gasteiger partial charge is 0.149 e. The zero-order chi connectivity index (χ0) is 20.1. The first kappa shape index (κ1) is 19.8. The minimum absolute atomic E-state index is 0.255. The summed E-state index contributed by atoms with van der Waals surface area (Å²) in [6.07, 6.45) is 8.11. The monoisotopic (exact) mass is 399 g/mol. The number of aromatic nitrogens is 1. The molecule has 2 aromatic heterocycles. The van der Waals surface area contributed by atoms with Crippen LogP contribution < -0.4 is 5.32 Å². The molecule has 0 saturated heterocycles. The average molecular weight is 399 g/mol. The lowest BCUT2D eigenvalue weighted by Crippen LogP contribution is -2.11. The van der Waals surface area contributed by atoms with E-state index in [0.717, 1.165) is 17.5 Å². The standard InChI is InChI=1S/C21H19F2N3OS/c1-4-13(12-28-3)9-19(24-2)26-20-10-16(18(23)11-25-20)14-5-6-17(22)15-7-8-27-21(14)15/h4-11H,1,12H2,2-3H3,(H,24,25,26)/b13-9+. The van der Waals surface area contributed by atoms with Crippen LogP contribution in [0.1, 0.15) is 0 Å². The van der Waals surface area contributed by atoms with Crippen LogP contribution >= 0.6 is 11.8 Å². The minimum atomic E-state index is -0.533. The fourth-order valence-electron chi connectivity index (χ4n) is 2.74. The molecular weight excluding hydrogens is 380 g/mol. The lowest BCUT2D eigenvalue weighted by molar-refractivity contribution is 0.607. The Hall–Kier alpha value is -2.93. The van der Waals surface area contributed by atoms with Crippen LogP contribution in [0.5, 0.6) is 0 Å². The van der Waals surface area contributed by atoms with Crippen molar-refractivity contribution in [2.24, 2.45) is 4.99 Å². The van der Waals surface area contributed by atoms with Gasteiger partial charge in [0.25, 0.3) is 0 Å². The third kappa shape index (κ3) is 4.14. The van der Waals surface area contributed by atoms with Crippen molar-refractivity contribution in [3.05, 3.63) is 72.7 Å². The number of halogens is 2. The van der Waals surface area contributed by atoms with Gasteiger partial charge in [-0.05, 0) is 42.2 Å². The predicted octanol–water partition coefficient (Wildman–Crippen LogP) is 5.69. The van der Waals surface area contributed by atoms with E-state index in [9.17, 15) is 8.78 Å². The number of amidine groups is 1. The number of rotatable bonds is 6. The van der Waals surface area contributed by atoms with Crippen LogP contribution in [-0.4, -0.2) is 29.9 Å². The summed E-state index contributed by atoms with van der Waals surface area (Å²) < 4.78 is 33.8. The normalized spacial score (nSPS) is 12.4. The summed E-state index contributed by atoms with van der Waals surface area (Å²) in [5.74, 6) is 0.811. The first-order chi connectivity index (χ1) is 13.6. The summed E-state index contributed by atoms with van der Waals surface area (Å²) in [5.41, 5.74) is 1.99. The molecule has 2 heterocycles. The van der Waals surface area contributed by atoms with Crippen molar-refractivity contribution in [3.63, 3.8) is 0 Å². The van der Waals surface area contributed by atoms with Crippen molar-refractivity contribution in [2.75, 3.05) is 24.4 Å². The third-order valence-electron chi connectivity index (χ3n) is 4.10. The van der Waals surface area contributed by atoms with E-state index >= 15 is 0 Å². The van der Waals surface area contributed by atoms with Crippen LogP contribution in [0.15, 0.2) is 70.4 Å². The molecular formula is C21H19F2N3OS. The van der Waals surface area contributed by atoms with Gasteiger partial charge in [0, 0.05) is 23.9 Å². The Morgan fingerprint density at radius 3 is 2.82 bits per heavy atom. The molecule has 0 unspecified atom stereocenters. The minimum Gasteiger partial charge on any atom is -0.464 e. The summed E-state index contributed by atoms with van der Waals surface area (Å²) >= 11 is 1.67. The maximum atomic E-state index is 14.5. The molecule has 28 heavy (non-hydrogen) atoms. The number of nitrogens with zero attached hydrogens (tertiary/aromatic N) is 2. The number of nitrogens with one attached hydrogen (secondary N) is 1. The highest BCUT2D eigenvalue weighted by Crippen LogP contribution is 2.33. The van der Waals surface area contributed by atoms with E-state index in [2.05, 4.69) is 21.9 Å². The van der Waals surface area contributed by atoms with Gasteiger partial charge in [-0.15, -0.1) is 0 Å². The lowest BCUT2D eigenvalue weighted by Gasteiger charge is -2.10. The fraction of sp³-hybridized carbons (Fsp3) is 0.143. The van der Waals surface area contributed by atoms with Crippen LogP contribution in [0, 0.1) is 11.6 Å². The quantitative estimate of drug-likeness (QED) is 0.329. The fourth-order valence-corrected chi connectivity index (χ4v) is 3.28. The van der Waals surface area contributed by atoms with Gasteiger partial charge < -0.3 is 9.73 Å². The van der Waals surface area contributed by atoms with E-state index in [1.165, 1.54) is 24.5 Å². The molecule has 0 saturated carbocycles. The van der Waals surface area contributed by atoms with Gasteiger partial charge in [-0.1, -0.05) is 12.7 Å². The van der Waals surface area contributed by atoms with Gasteiger partial charge in [-0.3, -0.25) is 4.99 Å². The number of thioether (sulfide) groups is 1. The summed E-state index contributed by atoms with van der Waals surface area (Å²) in [7, 11) is 1.65. The van der Waals surface area contributed by atoms with E-state index in [4.69, 9.17) is 4.42 Å². The Morgan fingerprint density at radius 1 is 1.29 bits per heavy atom. The van der Waals surface area contributed by atoms with Crippen LogP contribution in [-0.2, 0) is 0 Å². The lowest BCUT2D eigenvalue weighted by atomic mass is 10.0. The number of hydrogen-bond donors (Lipinski definition) is 1. The van der Waals surface area contributed by atoms with Gasteiger partial charge in [0.15, 0.2) is 0 Å². The molecule has 4 nitrogen and oxygen atoms in total. The second kappa shape index (κ2) is 8.84. The highest BCUT2D eigenvalue weighted by molar-refractivity contribution is 7.98. The first-order valence-electron chi connectivity index (χ1n) is 8.44.